The summed E-state index contributed by atoms with van der Waals surface area (Å²) in [5.74, 6) is 0.159. The topological polar surface area (TPSA) is 66.9 Å². The molecule has 0 bridgehead atoms. The second-order valence-corrected chi connectivity index (χ2v) is 6.50. The highest BCUT2D eigenvalue weighted by Crippen LogP contribution is 2.29. The SMILES string of the molecule is COc1ccccc1[C@@H](C)N(C)C(=O)c1ccc(N2C(=O)CCC2=O)cc1. The molecule has 1 fully saturated rings. The van der Waals surface area contributed by atoms with Crippen LogP contribution in [0.2, 0.25) is 0 Å². The van der Waals surface area contributed by atoms with Gasteiger partial charge in [0.15, 0.2) is 0 Å². The summed E-state index contributed by atoms with van der Waals surface area (Å²) in [6.07, 6.45) is 0.470. The molecule has 27 heavy (non-hydrogen) atoms. The predicted octanol–water partition coefficient (Wildman–Crippen LogP) is 3.18. The molecule has 3 amide bonds. The van der Waals surface area contributed by atoms with Gasteiger partial charge in [-0.2, -0.15) is 0 Å². The lowest BCUT2D eigenvalue weighted by molar-refractivity contribution is -0.121. The van der Waals surface area contributed by atoms with Crippen LogP contribution < -0.4 is 9.64 Å². The fraction of sp³-hybridized carbons (Fsp3) is 0.286. The van der Waals surface area contributed by atoms with Crippen molar-refractivity contribution in [1.82, 2.24) is 4.90 Å². The Balaban J connectivity index is 1.79. The number of hydrogen-bond donors (Lipinski definition) is 0. The van der Waals surface area contributed by atoms with E-state index in [9.17, 15) is 14.4 Å². The number of anilines is 1. The maximum Gasteiger partial charge on any atom is 0.254 e. The molecule has 0 aliphatic carbocycles. The molecule has 0 N–H and O–H groups in total. The highest BCUT2D eigenvalue weighted by Gasteiger charge is 2.30. The second-order valence-electron chi connectivity index (χ2n) is 6.50. The van der Waals surface area contributed by atoms with Gasteiger partial charge < -0.3 is 9.64 Å². The molecule has 0 saturated carbocycles. The van der Waals surface area contributed by atoms with E-state index < -0.39 is 0 Å². The number of amides is 3. The zero-order valence-electron chi connectivity index (χ0n) is 15.6. The van der Waals surface area contributed by atoms with Gasteiger partial charge in [0.1, 0.15) is 5.75 Å². The summed E-state index contributed by atoms with van der Waals surface area (Å²) in [5.41, 5.74) is 1.90. The minimum Gasteiger partial charge on any atom is -0.496 e. The van der Waals surface area contributed by atoms with Crippen LogP contribution in [0.3, 0.4) is 0 Å². The Morgan fingerprint density at radius 2 is 1.63 bits per heavy atom. The molecule has 1 atom stereocenters. The lowest BCUT2D eigenvalue weighted by Gasteiger charge is -2.27. The van der Waals surface area contributed by atoms with E-state index in [1.165, 1.54) is 4.90 Å². The van der Waals surface area contributed by atoms with Crippen molar-refractivity contribution >= 4 is 23.4 Å². The Labute approximate surface area is 158 Å². The van der Waals surface area contributed by atoms with Crippen LogP contribution in [0.5, 0.6) is 5.75 Å². The lowest BCUT2D eigenvalue weighted by Crippen LogP contribution is -2.30. The first-order valence-electron chi connectivity index (χ1n) is 8.80. The van der Waals surface area contributed by atoms with Crippen LogP contribution >= 0.6 is 0 Å². The summed E-state index contributed by atoms with van der Waals surface area (Å²) in [4.78, 5) is 39.3. The van der Waals surface area contributed by atoms with E-state index in [2.05, 4.69) is 0 Å². The normalized spacial score (nSPS) is 15.0. The first-order valence-corrected chi connectivity index (χ1v) is 8.80. The molecule has 2 aromatic rings. The van der Waals surface area contributed by atoms with E-state index in [4.69, 9.17) is 4.74 Å². The number of imide groups is 1. The lowest BCUT2D eigenvalue weighted by atomic mass is 10.0. The molecule has 1 aliphatic heterocycles. The molecule has 1 saturated heterocycles. The smallest absolute Gasteiger partial charge is 0.254 e. The highest BCUT2D eigenvalue weighted by atomic mass is 16.5. The maximum absolute atomic E-state index is 12.9. The maximum atomic E-state index is 12.9. The number of carbonyl (C=O) groups is 3. The third kappa shape index (κ3) is 3.56. The van der Waals surface area contributed by atoms with E-state index in [1.54, 1.807) is 43.3 Å². The molecule has 1 heterocycles. The summed E-state index contributed by atoms with van der Waals surface area (Å²) in [7, 11) is 3.34. The van der Waals surface area contributed by atoms with Gasteiger partial charge >= 0.3 is 0 Å². The minimum absolute atomic E-state index is 0.154. The zero-order valence-corrected chi connectivity index (χ0v) is 15.6. The van der Waals surface area contributed by atoms with Crippen molar-refractivity contribution in [2.24, 2.45) is 0 Å². The largest absolute Gasteiger partial charge is 0.496 e. The van der Waals surface area contributed by atoms with Gasteiger partial charge in [-0.15, -0.1) is 0 Å². The molecule has 0 unspecified atom stereocenters. The number of benzene rings is 2. The number of nitrogens with zero attached hydrogens (tertiary/aromatic N) is 2. The number of carbonyl (C=O) groups excluding carboxylic acids is 3. The molecule has 0 spiro atoms. The van der Waals surface area contributed by atoms with Crippen LogP contribution in [-0.2, 0) is 9.59 Å². The van der Waals surface area contributed by atoms with E-state index in [-0.39, 0.29) is 36.6 Å². The summed E-state index contributed by atoms with van der Waals surface area (Å²) < 4.78 is 5.39. The van der Waals surface area contributed by atoms with Crippen molar-refractivity contribution in [2.45, 2.75) is 25.8 Å². The highest BCUT2D eigenvalue weighted by molar-refractivity contribution is 6.19. The van der Waals surface area contributed by atoms with Crippen LogP contribution in [0.15, 0.2) is 48.5 Å². The Kier molecular flexibility index (Phi) is 5.26. The van der Waals surface area contributed by atoms with Crippen molar-refractivity contribution in [3.63, 3.8) is 0 Å². The molecular weight excluding hydrogens is 344 g/mol. The molecule has 1 aliphatic rings. The summed E-state index contributed by atoms with van der Waals surface area (Å²) >= 11 is 0. The average Bonchev–Trinajstić information content (AvgIpc) is 3.04. The van der Waals surface area contributed by atoms with Gasteiger partial charge in [-0.05, 0) is 37.3 Å². The molecule has 0 radical (unpaired) electrons. The van der Waals surface area contributed by atoms with Gasteiger partial charge in [-0.1, -0.05) is 18.2 Å². The number of methoxy groups -OCH3 is 1. The Bertz CT molecular complexity index is 860. The molecule has 140 valence electrons. The number of ether oxygens (including phenoxy) is 1. The van der Waals surface area contributed by atoms with Gasteiger partial charge in [0.05, 0.1) is 18.8 Å². The molecule has 6 nitrogen and oxygen atoms in total. The van der Waals surface area contributed by atoms with Crippen LogP contribution in [0.4, 0.5) is 5.69 Å². The van der Waals surface area contributed by atoms with Crippen LogP contribution in [-0.4, -0.2) is 36.8 Å². The van der Waals surface area contributed by atoms with Crippen LogP contribution in [0.25, 0.3) is 0 Å². The van der Waals surface area contributed by atoms with Crippen molar-refractivity contribution in [3.05, 3.63) is 59.7 Å². The first kappa shape index (κ1) is 18.6. The third-order valence-electron chi connectivity index (χ3n) is 4.91. The van der Waals surface area contributed by atoms with E-state index in [1.807, 2.05) is 31.2 Å². The number of hydrogen-bond acceptors (Lipinski definition) is 4. The first-order chi connectivity index (χ1) is 12.9. The fourth-order valence-corrected chi connectivity index (χ4v) is 3.22. The average molecular weight is 366 g/mol. The number of rotatable bonds is 5. The summed E-state index contributed by atoms with van der Waals surface area (Å²) in [6, 6.07) is 14.0. The monoisotopic (exact) mass is 366 g/mol. The molecule has 3 rings (SSSR count). The Morgan fingerprint density at radius 3 is 2.22 bits per heavy atom. The van der Waals surface area contributed by atoms with Gasteiger partial charge in [-0.3, -0.25) is 19.3 Å². The van der Waals surface area contributed by atoms with E-state index in [0.717, 1.165) is 11.3 Å². The van der Waals surface area contributed by atoms with Crippen molar-refractivity contribution in [1.29, 1.82) is 0 Å². The minimum atomic E-state index is -0.207. The number of para-hydroxylation sites is 1. The Hall–Kier alpha value is -3.15. The fourth-order valence-electron chi connectivity index (χ4n) is 3.22. The molecule has 6 heteroatoms. The summed E-state index contributed by atoms with van der Waals surface area (Å²) in [5, 5.41) is 0. The zero-order chi connectivity index (χ0) is 19.6. The predicted molar refractivity (Wildman–Crippen MR) is 102 cm³/mol. The van der Waals surface area contributed by atoms with Crippen LogP contribution in [0.1, 0.15) is 41.7 Å². The van der Waals surface area contributed by atoms with Gasteiger partial charge in [0, 0.05) is 31.0 Å². The van der Waals surface area contributed by atoms with Crippen molar-refractivity contribution in [2.75, 3.05) is 19.1 Å². The molecule has 2 aromatic carbocycles. The van der Waals surface area contributed by atoms with Gasteiger partial charge in [-0.25, -0.2) is 0 Å². The molecular formula is C21H22N2O4. The van der Waals surface area contributed by atoms with Gasteiger partial charge in [0.2, 0.25) is 11.8 Å². The standard InChI is InChI=1S/C21H22N2O4/c1-14(17-6-4-5-7-18(17)27-3)22(2)21(26)15-8-10-16(11-9-15)23-19(24)12-13-20(23)25/h4-11,14H,12-13H2,1-3H3/t14-/m1/s1. The summed E-state index contributed by atoms with van der Waals surface area (Å²) in [6.45, 7) is 1.94. The van der Waals surface area contributed by atoms with Gasteiger partial charge in [0.25, 0.3) is 5.91 Å². The third-order valence-corrected chi connectivity index (χ3v) is 4.91. The van der Waals surface area contributed by atoms with E-state index >= 15 is 0 Å². The van der Waals surface area contributed by atoms with Crippen molar-refractivity contribution < 1.29 is 19.1 Å². The second kappa shape index (κ2) is 7.61. The van der Waals surface area contributed by atoms with Crippen molar-refractivity contribution in [3.8, 4) is 5.75 Å². The van der Waals surface area contributed by atoms with E-state index in [0.29, 0.717) is 11.3 Å². The Morgan fingerprint density at radius 1 is 1.04 bits per heavy atom. The van der Waals surface area contributed by atoms with Crippen LogP contribution in [0, 0.1) is 0 Å². The molecule has 0 aromatic heterocycles. The quantitative estimate of drug-likeness (QED) is 0.762.